The van der Waals surface area contributed by atoms with E-state index in [2.05, 4.69) is 33.6 Å². The molecule has 0 bridgehead atoms. The van der Waals surface area contributed by atoms with Crippen LogP contribution >= 0.6 is 11.8 Å². The molecule has 0 spiro atoms. The lowest BCUT2D eigenvalue weighted by molar-refractivity contribution is -0.130. The summed E-state index contributed by atoms with van der Waals surface area (Å²) in [6, 6.07) is 5.77. The van der Waals surface area contributed by atoms with Gasteiger partial charge in [-0.2, -0.15) is 0 Å². The predicted molar refractivity (Wildman–Crippen MR) is 99.2 cm³/mol. The van der Waals surface area contributed by atoms with Crippen molar-refractivity contribution in [3.63, 3.8) is 0 Å². The molecule has 2 aromatic rings. The van der Waals surface area contributed by atoms with E-state index in [0.717, 1.165) is 49.2 Å². The summed E-state index contributed by atoms with van der Waals surface area (Å²) >= 11 is 1.48. The number of thioether (sulfide) groups is 1. The molecule has 1 atom stereocenters. The molecule has 6 nitrogen and oxygen atoms in total. The average Bonchev–Trinajstić information content (AvgIpc) is 3.03. The van der Waals surface area contributed by atoms with Gasteiger partial charge < -0.3 is 9.47 Å². The molecule has 3 heterocycles. The summed E-state index contributed by atoms with van der Waals surface area (Å²) in [5.74, 6) is 1.98. The molecule has 0 unspecified atom stereocenters. The molecular weight excluding hydrogens is 334 g/mol. The lowest BCUT2D eigenvalue weighted by atomic mass is 10.0. The Labute approximate surface area is 153 Å². The van der Waals surface area contributed by atoms with Crippen molar-refractivity contribution in [3.8, 4) is 11.5 Å². The molecule has 0 saturated carbocycles. The highest BCUT2D eigenvalue weighted by molar-refractivity contribution is 7.99. The third-order valence-corrected chi connectivity index (χ3v) is 5.34. The predicted octanol–water partition coefficient (Wildman–Crippen LogP) is 3.10. The molecular formula is C18H25N5OS. The number of piperidine rings is 1. The highest BCUT2D eigenvalue weighted by Crippen LogP contribution is 2.24. The molecule has 0 aromatic carbocycles. The second-order valence-corrected chi connectivity index (χ2v) is 7.49. The van der Waals surface area contributed by atoms with Crippen molar-refractivity contribution in [2.24, 2.45) is 5.92 Å². The summed E-state index contributed by atoms with van der Waals surface area (Å²) in [7, 11) is 0. The van der Waals surface area contributed by atoms with Gasteiger partial charge in [0.2, 0.25) is 5.91 Å². The van der Waals surface area contributed by atoms with Crippen molar-refractivity contribution < 1.29 is 4.79 Å². The molecule has 2 aromatic heterocycles. The van der Waals surface area contributed by atoms with Gasteiger partial charge in [0.05, 0.1) is 5.75 Å². The zero-order valence-corrected chi connectivity index (χ0v) is 15.7. The lowest BCUT2D eigenvalue weighted by Gasteiger charge is -2.30. The largest absolute Gasteiger partial charge is 0.342 e. The summed E-state index contributed by atoms with van der Waals surface area (Å²) in [4.78, 5) is 18.9. The number of hydrogen-bond donors (Lipinski definition) is 0. The van der Waals surface area contributed by atoms with Gasteiger partial charge in [0.1, 0.15) is 5.69 Å². The number of likely N-dealkylation sites (tertiary alicyclic amines) is 1. The standard InChI is InChI=1S/C18H25N5OS/c1-3-10-23-17(15-8-4-5-9-19-15)20-21-18(23)25-13-16(24)22-11-6-7-14(2)12-22/h4-5,8-9,14H,3,6-7,10-13H2,1-2H3/t14-/m1/s1. The van der Waals surface area contributed by atoms with Crippen molar-refractivity contribution in [2.45, 2.75) is 44.8 Å². The number of nitrogens with zero attached hydrogens (tertiary/aromatic N) is 5. The third-order valence-electron chi connectivity index (χ3n) is 4.39. The highest BCUT2D eigenvalue weighted by Gasteiger charge is 2.22. The third kappa shape index (κ3) is 4.39. The number of pyridine rings is 1. The van der Waals surface area contributed by atoms with Crippen LogP contribution in [0.4, 0.5) is 0 Å². The first-order chi connectivity index (χ1) is 12.2. The van der Waals surface area contributed by atoms with Crippen LogP contribution in [0, 0.1) is 5.92 Å². The van der Waals surface area contributed by atoms with Gasteiger partial charge in [-0.05, 0) is 37.3 Å². The van der Waals surface area contributed by atoms with E-state index in [9.17, 15) is 4.79 Å². The van der Waals surface area contributed by atoms with Gasteiger partial charge in [0, 0.05) is 25.8 Å². The molecule has 0 radical (unpaired) electrons. The number of hydrogen-bond acceptors (Lipinski definition) is 5. The van der Waals surface area contributed by atoms with Crippen molar-refractivity contribution in [3.05, 3.63) is 24.4 Å². The summed E-state index contributed by atoms with van der Waals surface area (Å²) in [5, 5.41) is 9.41. The fourth-order valence-corrected chi connectivity index (χ4v) is 4.01. The first-order valence-corrected chi connectivity index (χ1v) is 9.92. The minimum Gasteiger partial charge on any atom is -0.342 e. The molecule has 1 saturated heterocycles. The van der Waals surface area contributed by atoms with Crippen LogP contribution in [0.2, 0.25) is 0 Å². The molecule has 134 valence electrons. The molecule has 1 amide bonds. The zero-order valence-electron chi connectivity index (χ0n) is 14.9. The first-order valence-electron chi connectivity index (χ1n) is 8.94. The fourth-order valence-electron chi connectivity index (χ4n) is 3.14. The first kappa shape index (κ1) is 17.9. The van der Waals surface area contributed by atoms with Crippen LogP contribution in [0.15, 0.2) is 29.6 Å². The Hall–Kier alpha value is -1.89. The molecule has 1 fully saturated rings. The Morgan fingerprint density at radius 3 is 2.96 bits per heavy atom. The number of amides is 1. The second-order valence-electron chi connectivity index (χ2n) is 6.55. The van der Waals surface area contributed by atoms with E-state index in [4.69, 9.17) is 0 Å². The molecule has 7 heteroatoms. The molecule has 0 aliphatic carbocycles. The lowest BCUT2D eigenvalue weighted by Crippen LogP contribution is -2.40. The van der Waals surface area contributed by atoms with Gasteiger partial charge in [0.15, 0.2) is 11.0 Å². The Kier molecular flexibility index (Phi) is 6.07. The van der Waals surface area contributed by atoms with Crippen molar-refractivity contribution in [1.29, 1.82) is 0 Å². The smallest absolute Gasteiger partial charge is 0.233 e. The number of carbonyl (C=O) groups excluding carboxylic acids is 1. The Morgan fingerprint density at radius 2 is 2.24 bits per heavy atom. The summed E-state index contributed by atoms with van der Waals surface area (Å²) in [5.41, 5.74) is 0.812. The molecule has 25 heavy (non-hydrogen) atoms. The number of carbonyl (C=O) groups is 1. The quantitative estimate of drug-likeness (QED) is 0.742. The van der Waals surface area contributed by atoms with Crippen LogP contribution in [0.3, 0.4) is 0 Å². The topological polar surface area (TPSA) is 63.9 Å². The van der Waals surface area contributed by atoms with Crippen LogP contribution in [-0.2, 0) is 11.3 Å². The fraction of sp³-hybridized carbons (Fsp3) is 0.556. The monoisotopic (exact) mass is 359 g/mol. The van der Waals surface area contributed by atoms with Gasteiger partial charge in [-0.1, -0.05) is 31.7 Å². The van der Waals surface area contributed by atoms with Gasteiger partial charge in [-0.3, -0.25) is 9.78 Å². The van der Waals surface area contributed by atoms with Crippen LogP contribution < -0.4 is 0 Å². The molecule has 1 aliphatic rings. The van der Waals surface area contributed by atoms with E-state index in [1.165, 1.54) is 18.2 Å². The molecule has 0 N–H and O–H groups in total. The van der Waals surface area contributed by atoms with Gasteiger partial charge in [-0.15, -0.1) is 10.2 Å². The molecule has 3 rings (SSSR count). The van der Waals surface area contributed by atoms with E-state index >= 15 is 0 Å². The maximum atomic E-state index is 12.5. The minimum atomic E-state index is 0.196. The normalized spacial score (nSPS) is 17.7. The van der Waals surface area contributed by atoms with Crippen LogP contribution in [0.5, 0.6) is 0 Å². The van der Waals surface area contributed by atoms with Crippen LogP contribution in [0.25, 0.3) is 11.5 Å². The van der Waals surface area contributed by atoms with Crippen molar-refractivity contribution in [1.82, 2.24) is 24.6 Å². The number of rotatable bonds is 6. The van der Waals surface area contributed by atoms with Gasteiger partial charge in [0.25, 0.3) is 0 Å². The van der Waals surface area contributed by atoms with E-state index in [0.29, 0.717) is 11.7 Å². The van der Waals surface area contributed by atoms with E-state index < -0.39 is 0 Å². The van der Waals surface area contributed by atoms with Gasteiger partial charge >= 0.3 is 0 Å². The Morgan fingerprint density at radius 1 is 1.36 bits per heavy atom. The Balaban J connectivity index is 1.70. The average molecular weight is 359 g/mol. The highest BCUT2D eigenvalue weighted by atomic mass is 32.2. The summed E-state index contributed by atoms with van der Waals surface area (Å²) in [6.07, 6.45) is 5.06. The SMILES string of the molecule is CCCn1c(SCC(=O)N2CCC[C@@H](C)C2)nnc1-c1ccccn1. The minimum absolute atomic E-state index is 0.196. The van der Waals surface area contributed by atoms with E-state index in [1.807, 2.05) is 23.1 Å². The molecule has 1 aliphatic heterocycles. The van der Waals surface area contributed by atoms with Crippen molar-refractivity contribution in [2.75, 3.05) is 18.8 Å². The van der Waals surface area contributed by atoms with E-state index in [1.54, 1.807) is 6.20 Å². The van der Waals surface area contributed by atoms with E-state index in [-0.39, 0.29) is 5.91 Å². The van der Waals surface area contributed by atoms with Crippen molar-refractivity contribution >= 4 is 17.7 Å². The van der Waals surface area contributed by atoms with Crippen LogP contribution in [-0.4, -0.2) is 49.4 Å². The summed E-state index contributed by atoms with van der Waals surface area (Å²) < 4.78 is 2.07. The van der Waals surface area contributed by atoms with Gasteiger partial charge in [-0.25, -0.2) is 0 Å². The Bertz CT molecular complexity index is 703. The number of aromatic nitrogens is 4. The van der Waals surface area contributed by atoms with Crippen LogP contribution in [0.1, 0.15) is 33.1 Å². The second kappa shape index (κ2) is 8.47. The maximum Gasteiger partial charge on any atom is 0.233 e. The zero-order chi connectivity index (χ0) is 17.6. The maximum absolute atomic E-state index is 12.5. The summed E-state index contributed by atoms with van der Waals surface area (Å²) in [6.45, 7) is 6.90.